The van der Waals surface area contributed by atoms with E-state index in [-0.39, 0.29) is 0 Å². The molecule has 0 N–H and O–H groups in total. The summed E-state index contributed by atoms with van der Waals surface area (Å²) in [5.74, 6) is 0. The Balaban J connectivity index is 2.90. The van der Waals surface area contributed by atoms with E-state index < -0.39 is 0 Å². The monoisotopic (exact) mass is 124 g/mol. The summed E-state index contributed by atoms with van der Waals surface area (Å²) in [4.78, 5) is 1.08. The van der Waals surface area contributed by atoms with Crippen LogP contribution >= 0.6 is 12.6 Å². The fraction of sp³-hybridized carbons (Fsp3) is 0.143. The first-order valence-corrected chi connectivity index (χ1v) is 3.00. The summed E-state index contributed by atoms with van der Waals surface area (Å²) in [6, 6.07) is 0. The molecule has 8 heavy (non-hydrogen) atoms. The highest BCUT2D eigenvalue weighted by Crippen LogP contribution is 2.14. The molecule has 42 valence electrons. The van der Waals surface area contributed by atoms with Crippen LogP contribution in [0.1, 0.15) is 6.92 Å². The fourth-order valence-corrected chi connectivity index (χ4v) is 0.764. The second-order valence-electron chi connectivity index (χ2n) is 1.76. The normalized spacial score (nSPS) is 15.5. The molecular weight excluding hydrogens is 116 g/mol. The van der Waals surface area contributed by atoms with Gasteiger partial charge in [0.1, 0.15) is 0 Å². The van der Waals surface area contributed by atoms with Crippen LogP contribution in [0.25, 0.3) is 0 Å². The van der Waals surface area contributed by atoms with Crippen LogP contribution in [0.15, 0.2) is 34.8 Å². The molecule has 0 aromatic rings. The van der Waals surface area contributed by atoms with Crippen LogP contribution in [0.5, 0.6) is 0 Å². The summed E-state index contributed by atoms with van der Waals surface area (Å²) in [6.07, 6.45) is 8.11. The van der Waals surface area contributed by atoms with Gasteiger partial charge in [0.05, 0.1) is 0 Å². The molecule has 0 spiro atoms. The van der Waals surface area contributed by atoms with E-state index in [1.807, 2.05) is 31.2 Å². The second-order valence-corrected chi connectivity index (χ2v) is 2.43. The Kier molecular flexibility index (Phi) is 1.59. The third kappa shape index (κ3) is 1.04. The van der Waals surface area contributed by atoms with Crippen molar-refractivity contribution >= 4 is 12.6 Å². The maximum absolute atomic E-state index is 4.17. The third-order valence-electron chi connectivity index (χ3n) is 1.08. The number of rotatable bonds is 0. The number of hydrogen-bond donors (Lipinski definition) is 1. The summed E-state index contributed by atoms with van der Waals surface area (Å²) < 4.78 is 0. The van der Waals surface area contributed by atoms with Gasteiger partial charge in [-0.05, 0) is 17.4 Å². The van der Waals surface area contributed by atoms with E-state index in [0.717, 1.165) is 4.91 Å². The summed E-state index contributed by atoms with van der Waals surface area (Å²) in [7, 11) is 0. The summed E-state index contributed by atoms with van der Waals surface area (Å²) in [5, 5.41) is 0. The Labute approximate surface area is 55.0 Å². The topological polar surface area (TPSA) is 0 Å². The van der Waals surface area contributed by atoms with Crippen LogP contribution < -0.4 is 0 Å². The van der Waals surface area contributed by atoms with Crippen molar-refractivity contribution in [3.8, 4) is 0 Å². The maximum atomic E-state index is 4.17. The highest BCUT2D eigenvalue weighted by molar-refractivity contribution is 7.84. The van der Waals surface area contributed by atoms with E-state index in [9.17, 15) is 0 Å². The molecule has 0 fully saturated rings. The molecule has 1 aliphatic carbocycles. The van der Waals surface area contributed by atoms with Gasteiger partial charge < -0.3 is 0 Å². The molecule has 0 amide bonds. The highest BCUT2D eigenvalue weighted by Gasteiger charge is 1.91. The number of hydrogen-bond acceptors (Lipinski definition) is 1. The van der Waals surface area contributed by atoms with Crippen molar-refractivity contribution in [2.75, 3.05) is 0 Å². The zero-order chi connectivity index (χ0) is 5.98. The molecule has 0 aliphatic heterocycles. The first-order valence-electron chi connectivity index (χ1n) is 2.55. The minimum atomic E-state index is 1.08. The second kappa shape index (κ2) is 2.23. The Bertz CT molecular complexity index is 155. The minimum absolute atomic E-state index is 1.08. The van der Waals surface area contributed by atoms with Gasteiger partial charge >= 0.3 is 0 Å². The van der Waals surface area contributed by atoms with Gasteiger partial charge in [-0.3, -0.25) is 0 Å². The quantitative estimate of drug-likeness (QED) is 0.471. The largest absolute Gasteiger partial charge is 0.148 e. The van der Waals surface area contributed by atoms with Crippen LogP contribution in [0.2, 0.25) is 0 Å². The van der Waals surface area contributed by atoms with Crippen molar-refractivity contribution in [2.24, 2.45) is 0 Å². The highest BCUT2D eigenvalue weighted by atomic mass is 32.1. The Hall–Kier alpha value is -0.430. The first-order chi connectivity index (χ1) is 3.80. The predicted octanol–water partition coefficient (Wildman–Crippen LogP) is 2.32. The Morgan fingerprint density at radius 3 is 2.12 bits per heavy atom. The van der Waals surface area contributed by atoms with Crippen molar-refractivity contribution in [2.45, 2.75) is 6.92 Å². The zero-order valence-corrected chi connectivity index (χ0v) is 5.65. The zero-order valence-electron chi connectivity index (χ0n) is 4.76. The Morgan fingerprint density at radius 2 is 1.88 bits per heavy atom. The van der Waals surface area contributed by atoms with Crippen molar-refractivity contribution in [1.29, 1.82) is 0 Å². The Morgan fingerprint density at radius 1 is 1.38 bits per heavy atom. The van der Waals surface area contributed by atoms with Crippen LogP contribution in [-0.2, 0) is 0 Å². The smallest absolute Gasteiger partial charge is 0.0143 e. The lowest BCUT2D eigenvalue weighted by molar-refractivity contribution is 1.60. The molecular formula is C7H8S. The van der Waals surface area contributed by atoms with E-state index in [1.165, 1.54) is 5.57 Å². The molecule has 1 heteroatoms. The van der Waals surface area contributed by atoms with Crippen molar-refractivity contribution in [3.63, 3.8) is 0 Å². The van der Waals surface area contributed by atoms with Gasteiger partial charge in [-0.25, -0.2) is 0 Å². The average molecular weight is 124 g/mol. The van der Waals surface area contributed by atoms with E-state index in [4.69, 9.17) is 0 Å². The molecule has 0 radical (unpaired) electrons. The summed E-state index contributed by atoms with van der Waals surface area (Å²) in [6.45, 7) is 1.98. The van der Waals surface area contributed by atoms with Gasteiger partial charge in [0, 0.05) is 0 Å². The molecule has 0 bridgehead atoms. The average Bonchev–Trinajstić information content (AvgIpc) is 2.12. The molecule has 1 rings (SSSR count). The van der Waals surface area contributed by atoms with Gasteiger partial charge in [-0.1, -0.05) is 24.3 Å². The standard InChI is InChI=1S/C7H8S/c1-6(8)7-4-2-3-5-7/h2-5,8H,1H3. The van der Waals surface area contributed by atoms with E-state index >= 15 is 0 Å². The van der Waals surface area contributed by atoms with E-state index in [1.54, 1.807) is 0 Å². The van der Waals surface area contributed by atoms with Crippen molar-refractivity contribution in [1.82, 2.24) is 0 Å². The summed E-state index contributed by atoms with van der Waals surface area (Å²) in [5.41, 5.74) is 1.22. The molecule has 0 saturated carbocycles. The van der Waals surface area contributed by atoms with Crippen LogP contribution in [-0.4, -0.2) is 0 Å². The van der Waals surface area contributed by atoms with Crippen LogP contribution in [0.4, 0.5) is 0 Å². The summed E-state index contributed by atoms with van der Waals surface area (Å²) >= 11 is 4.17. The molecule has 0 saturated heterocycles. The molecule has 0 atom stereocenters. The van der Waals surface area contributed by atoms with Gasteiger partial charge in [0.25, 0.3) is 0 Å². The van der Waals surface area contributed by atoms with Crippen LogP contribution in [0, 0.1) is 0 Å². The molecule has 0 unspecified atom stereocenters. The van der Waals surface area contributed by atoms with Crippen molar-refractivity contribution < 1.29 is 0 Å². The van der Waals surface area contributed by atoms with Crippen LogP contribution in [0.3, 0.4) is 0 Å². The molecule has 0 aromatic carbocycles. The van der Waals surface area contributed by atoms with Gasteiger partial charge in [0.2, 0.25) is 0 Å². The minimum Gasteiger partial charge on any atom is -0.148 e. The molecule has 0 heterocycles. The lowest BCUT2D eigenvalue weighted by Gasteiger charge is -1.88. The van der Waals surface area contributed by atoms with E-state index in [2.05, 4.69) is 12.6 Å². The molecule has 1 aliphatic rings. The SMILES string of the molecule is CC(S)=C1C=CC=C1. The predicted molar refractivity (Wildman–Crippen MR) is 40.0 cm³/mol. The molecule has 0 nitrogen and oxygen atoms in total. The van der Waals surface area contributed by atoms with Crippen molar-refractivity contribution in [3.05, 3.63) is 34.8 Å². The van der Waals surface area contributed by atoms with Gasteiger partial charge in [-0.15, -0.1) is 12.6 Å². The van der Waals surface area contributed by atoms with Gasteiger partial charge in [0.15, 0.2) is 0 Å². The maximum Gasteiger partial charge on any atom is -0.0143 e. The number of thiol groups is 1. The number of allylic oxidation sites excluding steroid dienone is 6. The van der Waals surface area contributed by atoms with E-state index in [0.29, 0.717) is 0 Å². The molecule has 0 aromatic heterocycles. The first kappa shape index (κ1) is 5.70. The third-order valence-corrected chi connectivity index (χ3v) is 1.34. The van der Waals surface area contributed by atoms with Gasteiger partial charge in [-0.2, -0.15) is 0 Å². The lowest BCUT2D eigenvalue weighted by Crippen LogP contribution is -1.66. The fourth-order valence-electron chi connectivity index (χ4n) is 0.615. The lowest BCUT2D eigenvalue weighted by atomic mass is 10.3.